The van der Waals surface area contributed by atoms with Crippen LogP contribution in [0.1, 0.15) is 24.6 Å². The molecule has 2 aromatic heterocycles. The molecule has 1 fully saturated rings. The van der Waals surface area contributed by atoms with Crippen molar-refractivity contribution < 1.29 is 4.52 Å². The second-order valence-corrected chi connectivity index (χ2v) is 4.41. The van der Waals surface area contributed by atoms with Crippen LogP contribution in [-0.4, -0.2) is 28.2 Å². The van der Waals surface area contributed by atoms with Gasteiger partial charge in [-0.3, -0.25) is 4.79 Å². The number of piperidine rings is 1. The zero-order valence-corrected chi connectivity index (χ0v) is 9.85. The number of H-pyrrole nitrogens is 1. The molecule has 0 unspecified atom stereocenters. The molecule has 0 saturated carbocycles. The number of hydrogen-bond donors (Lipinski definition) is 2. The van der Waals surface area contributed by atoms with Crippen molar-refractivity contribution in [3.05, 3.63) is 34.4 Å². The molecular formula is C12H14N4O2. The molecule has 1 aliphatic rings. The van der Waals surface area contributed by atoms with E-state index >= 15 is 0 Å². The van der Waals surface area contributed by atoms with Crippen molar-refractivity contribution in [1.82, 2.24) is 20.4 Å². The summed E-state index contributed by atoms with van der Waals surface area (Å²) in [5.41, 5.74) is 0.393. The molecule has 1 saturated heterocycles. The fourth-order valence-corrected chi connectivity index (χ4v) is 2.16. The number of rotatable bonds is 2. The van der Waals surface area contributed by atoms with E-state index in [2.05, 4.69) is 20.4 Å². The minimum Gasteiger partial charge on any atom is -0.332 e. The van der Waals surface area contributed by atoms with Gasteiger partial charge in [0.15, 0.2) is 5.82 Å². The molecule has 18 heavy (non-hydrogen) atoms. The normalized spacial score (nSPS) is 16.9. The van der Waals surface area contributed by atoms with Crippen molar-refractivity contribution in [2.75, 3.05) is 13.1 Å². The van der Waals surface area contributed by atoms with Gasteiger partial charge in [0.25, 0.3) is 5.89 Å². The van der Waals surface area contributed by atoms with Crippen LogP contribution in [0, 0.1) is 0 Å². The molecule has 94 valence electrons. The molecule has 0 aliphatic carbocycles. The lowest BCUT2D eigenvalue weighted by Crippen LogP contribution is -2.27. The zero-order chi connectivity index (χ0) is 12.4. The van der Waals surface area contributed by atoms with E-state index in [4.69, 9.17) is 4.52 Å². The minimum atomic E-state index is -0.172. The fraction of sp³-hybridized carbons (Fsp3) is 0.417. The predicted molar refractivity (Wildman–Crippen MR) is 65.2 cm³/mol. The Hall–Kier alpha value is -1.95. The van der Waals surface area contributed by atoms with Gasteiger partial charge in [-0.2, -0.15) is 4.98 Å². The first-order valence-electron chi connectivity index (χ1n) is 6.07. The average Bonchev–Trinajstić information content (AvgIpc) is 2.89. The highest BCUT2D eigenvalue weighted by Crippen LogP contribution is 2.24. The van der Waals surface area contributed by atoms with Gasteiger partial charge in [-0.1, -0.05) is 11.2 Å². The van der Waals surface area contributed by atoms with Gasteiger partial charge < -0.3 is 14.8 Å². The lowest BCUT2D eigenvalue weighted by molar-refractivity contribution is 0.391. The van der Waals surface area contributed by atoms with Crippen LogP contribution in [0.3, 0.4) is 0 Å². The number of nitrogens with zero attached hydrogens (tertiary/aromatic N) is 2. The highest BCUT2D eigenvalue weighted by atomic mass is 16.5. The largest absolute Gasteiger partial charge is 0.332 e. The van der Waals surface area contributed by atoms with E-state index in [0.717, 1.165) is 31.8 Å². The molecule has 0 radical (unpaired) electrons. The molecule has 1 aliphatic heterocycles. The van der Waals surface area contributed by atoms with Crippen LogP contribution in [0.15, 0.2) is 27.5 Å². The third kappa shape index (κ3) is 2.19. The second-order valence-electron chi connectivity index (χ2n) is 4.41. The molecule has 6 heteroatoms. The van der Waals surface area contributed by atoms with Crippen LogP contribution in [0.5, 0.6) is 0 Å². The van der Waals surface area contributed by atoms with E-state index in [1.807, 2.05) is 0 Å². The van der Waals surface area contributed by atoms with Gasteiger partial charge in [0, 0.05) is 12.0 Å². The quantitative estimate of drug-likeness (QED) is 0.822. The minimum absolute atomic E-state index is 0.172. The first kappa shape index (κ1) is 11.2. The molecule has 0 aromatic carbocycles. The molecule has 0 amide bonds. The summed E-state index contributed by atoms with van der Waals surface area (Å²) < 4.78 is 5.21. The molecule has 2 aromatic rings. The third-order valence-corrected chi connectivity index (χ3v) is 3.14. The Kier molecular flexibility index (Phi) is 2.93. The summed E-state index contributed by atoms with van der Waals surface area (Å²) in [5.74, 6) is 1.46. The highest BCUT2D eigenvalue weighted by molar-refractivity contribution is 5.45. The van der Waals surface area contributed by atoms with Gasteiger partial charge in [-0.05, 0) is 32.0 Å². The Morgan fingerprint density at radius 2 is 2.11 bits per heavy atom. The van der Waals surface area contributed by atoms with Crippen molar-refractivity contribution in [3.63, 3.8) is 0 Å². The second kappa shape index (κ2) is 4.73. The molecule has 0 atom stereocenters. The Bertz CT molecular complexity index is 584. The van der Waals surface area contributed by atoms with Gasteiger partial charge in [0.1, 0.15) is 5.69 Å². The SMILES string of the molecule is O=c1cccc(-c2nc(C3CCNCC3)no2)[nH]1. The maximum atomic E-state index is 11.2. The maximum Gasteiger partial charge on any atom is 0.274 e. The van der Waals surface area contributed by atoms with E-state index in [-0.39, 0.29) is 5.56 Å². The van der Waals surface area contributed by atoms with Crippen LogP contribution in [-0.2, 0) is 0 Å². The van der Waals surface area contributed by atoms with E-state index < -0.39 is 0 Å². The Labute approximate surface area is 103 Å². The zero-order valence-electron chi connectivity index (χ0n) is 9.85. The van der Waals surface area contributed by atoms with Crippen LogP contribution >= 0.6 is 0 Å². The molecule has 3 rings (SSSR count). The highest BCUT2D eigenvalue weighted by Gasteiger charge is 2.21. The standard InChI is InChI=1S/C12H14N4O2/c17-10-3-1-2-9(14-10)12-15-11(16-18-12)8-4-6-13-7-5-8/h1-3,8,13H,4-7H2,(H,14,17). The first-order valence-corrected chi connectivity index (χ1v) is 6.07. The Morgan fingerprint density at radius 1 is 1.28 bits per heavy atom. The molecule has 2 N–H and O–H groups in total. The lowest BCUT2D eigenvalue weighted by Gasteiger charge is -2.18. The van der Waals surface area contributed by atoms with Crippen molar-refractivity contribution >= 4 is 0 Å². The number of nitrogens with one attached hydrogen (secondary N) is 2. The Balaban J connectivity index is 1.86. The summed E-state index contributed by atoms with van der Waals surface area (Å²) in [6.45, 7) is 1.97. The van der Waals surface area contributed by atoms with Crippen LogP contribution in [0.4, 0.5) is 0 Å². The smallest absolute Gasteiger partial charge is 0.274 e. The first-order chi connectivity index (χ1) is 8.83. The third-order valence-electron chi connectivity index (χ3n) is 3.14. The van der Waals surface area contributed by atoms with E-state index in [1.54, 1.807) is 12.1 Å². The summed E-state index contributed by atoms with van der Waals surface area (Å²) >= 11 is 0. The molecule has 6 nitrogen and oxygen atoms in total. The topological polar surface area (TPSA) is 83.8 Å². The maximum absolute atomic E-state index is 11.2. The predicted octanol–water partition coefficient (Wildman–Crippen LogP) is 0.892. The van der Waals surface area contributed by atoms with Gasteiger partial charge in [-0.25, -0.2) is 0 Å². The van der Waals surface area contributed by atoms with Crippen LogP contribution in [0.2, 0.25) is 0 Å². The summed E-state index contributed by atoms with van der Waals surface area (Å²) in [6.07, 6.45) is 2.04. The van der Waals surface area contributed by atoms with Crippen molar-refractivity contribution in [2.24, 2.45) is 0 Å². The molecule has 0 spiro atoms. The monoisotopic (exact) mass is 246 g/mol. The number of pyridine rings is 1. The number of aromatic nitrogens is 3. The van der Waals surface area contributed by atoms with Crippen molar-refractivity contribution in [2.45, 2.75) is 18.8 Å². The van der Waals surface area contributed by atoms with E-state index in [1.165, 1.54) is 6.07 Å². The summed E-state index contributed by atoms with van der Waals surface area (Å²) in [5, 5.41) is 7.31. The summed E-state index contributed by atoms with van der Waals surface area (Å²) in [4.78, 5) is 18.3. The Morgan fingerprint density at radius 3 is 2.89 bits per heavy atom. The van der Waals surface area contributed by atoms with E-state index in [9.17, 15) is 4.79 Å². The molecule has 0 bridgehead atoms. The summed E-state index contributed by atoms with van der Waals surface area (Å²) in [7, 11) is 0. The van der Waals surface area contributed by atoms with Gasteiger partial charge in [0.2, 0.25) is 5.56 Å². The lowest BCUT2D eigenvalue weighted by atomic mass is 9.98. The average molecular weight is 246 g/mol. The van der Waals surface area contributed by atoms with E-state index in [0.29, 0.717) is 17.5 Å². The van der Waals surface area contributed by atoms with Gasteiger partial charge >= 0.3 is 0 Å². The van der Waals surface area contributed by atoms with Crippen molar-refractivity contribution in [3.8, 4) is 11.6 Å². The molecular weight excluding hydrogens is 232 g/mol. The van der Waals surface area contributed by atoms with Crippen molar-refractivity contribution in [1.29, 1.82) is 0 Å². The number of aromatic amines is 1. The molecule has 3 heterocycles. The van der Waals surface area contributed by atoms with Crippen LogP contribution < -0.4 is 10.9 Å². The summed E-state index contributed by atoms with van der Waals surface area (Å²) in [6, 6.07) is 4.87. The van der Waals surface area contributed by atoms with Gasteiger partial charge in [0.05, 0.1) is 0 Å². The fourth-order valence-electron chi connectivity index (χ4n) is 2.16. The number of hydrogen-bond acceptors (Lipinski definition) is 5. The van der Waals surface area contributed by atoms with Crippen LogP contribution in [0.25, 0.3) is 11.6 Å². The van der Waals surface area contributed by atoms with Gasteiger partial charge in [-0.15, -0.1) is 0 Å².